The summed E-state index contributed by atoms with van der Waals surface area (Å²) in [6, 6.07) is 12.5. The van der Waals surface area contributed by atoms with Crippen molar-refractivity contribution in [3.63, 3.8) is 0 Å². The lowest BCUT2D eigenvalue weighted by molar-refractivity contribution is -0.384. The lowest BCUT2D eigenvalue weighted by atomic mass is 10.1. The van der Waals surface area contributed by atoms with Crippen molar-refractivity contribution in [2.75, 3.05) is 11.9 Å². The molecule has 2 aromatic rings. The first-order chi connectivity index (χ1) is 15.1. The van der Waals surface area contributed by atoms with Crippen LogP contribution in [0.3, 0.4) is 0 Å². The number of rotatable bonds is 3. The number of carbonyl (C=O) groups excluding carboxylic acids is 2. The highest BCUT2D eigenvalue weighted by Gasteiger charge is 2.36. The van der Waals surface area contributed by atoms with Crippen molar-refractivity contribution in [3.05, 3.63) is 69.8 Å². The highest BCUT2D eigenvalue weighted by molar-refractivity contribution is 5.96. The third kappa shape index (κ3) is 6.08. The van der Waals surface area contributed by atoms with Crippen LogP contribution >= 0.6 is 0 Å². The summed E-state index contributed by atoms with van der Waals surface area (Å²) in [7, 11) is 0. The Labute approximate surface area is 186 Å². The lowest BCUT2D eigenvalue weighted by Gasteiger charge is -2.28. The first kappa shape index (κ1) is 22.8. The molecule has 0 radical (unpaired) electrons. The van der Waals surface area contributed by atoms with Gasteiger partial charge < -0.3 is 10.1 Å². The summed E-state index contributed by atoms with van der Waals surface area (Å²) in [5.41, 5.74) is 1.40. The fourth-order valence-corrected chi connectivity index (χ4v) is 3.25. The highest BCUT2D eigenvalue weighted by atomic mass is 16.6. The van der Waals surface area contributed by atoms with Gasteiger partial charge in [-0.1, -0.05) is 11.8 Å². The molecule has 1 N–H and O–H groups in total. The second-order valence-corrected chi connectivity index (χ2v) is 8.45. The summed E-state index contributed by atoms with van der Waals surface area (Å²) < 4.78 is 5.41. The second kappa shape index (κ2) is 9.52. The molecular formula is C24H25N3O5. The zero-order chi connectivity index (χ0) is 23.3. The van der Waals surface area contributed by atoms with Crippen LogP contribution in [0.1, 0.15) is 44.7 Å². The van der Waals surface area contributed by atoms with E-state index in [-0.39, 0.29) is 11.6 Å². The second-order valence-electron chi connectivity index (χ2n) is 8.45. The van der Waals surface area contributed by atoms with E-state index in [9.17, 15) is 19.7 Å². The normalized spacial score (nSPS) is 15.5. The first-order valence-electron chi connectivity index (χ1n) is 10.3. The van der Waals surface area contributed by atoms with Gasteiger partial charge in [0.1, 0.15) is 11.6 Å². The van der Waals surface area contributed by atoms with E-state index in [0.29, 0.717) is 24.2 Å². The molecule has 2 amide bonds. The number of amides is 2. The molecular weight excluding hydrogens is 410 g/mol. The van der Waals surface area contributed by atoms with Gasteiger partial charge in [-0.05, 0) is 70.0 Å². The van der Waals surface area contributed by atoms with E-state index in [4.69, 9.17) is 4.74 Å². The van der Waals surface area contributed by atoms with Gasteiger partial charge in [0.05, 0.1) is 4.92 Å². The van der Waals surface area contributed by atoms with Gasteiger partial charge in [-0.2, -0.15) is 0 Å². The van der Waals surface area contributed by atoms with Gasteiger partial charge in [-0.15, -0.1) is 0 Å². The molecule has 0 unspecified atom stereocenters. The summed E-state index contributed by atoms with van der Waals surface area (Å²) >= 11 is 0. The van der Waals surface area contributed by atoms with Crippen LogP contribution in [-0.2, 0) is 9.53 Å². The molecule has 166 valence electrons. The van der Waals surface area contributed by atoms with E-state index in [1.807, 2.05) is 0 Å². The number of nitrogens with one attached hydrogen (secondary N) is 1. The Kier molecular flexibility index (Phi) is 6.79. The number of carbonyl (C=O) groups is 2. The zero-order valence-electron chi connectivity index (χ0n) is 18.3. The van der Waals surface area contributed by atoms with E-state index in [1.54, 1.807) is 57.2 Å². The van der Waals surface area contributed by atoms with Crippen LogP contribution in [0.2, 0.25) is 0 Å². The minimum Gasteiger partial charge on any atom is -0.444 e. The number of ether oxygens (including phenoxy) is 1. The fourth-order valence-electron chi connectivity index (χ4n) is 3.25. The van der Waals surface area contributed by atoms with Gasteiger partial charge in [0.15, 0.2) is 0 Å². The van der Waals surface area contributed by atoms with Crippen LogP contribution in [-0.4, -0.2) is 40.0 Å². The molecule has 0 spiro atoms. The Morgan fingerprint density at radius 3 is 2.16 bits per heavy atom. The first-order valence-corrected chi connectivity index (χ1v) is 10.3. The van der Waals surface area contributed by atoms with Crippen LogP contribution in [0.15, 0.2) is 48.5 Å². The number of non-ortho nitro benzene ring substituents is 1. The van der Waals surface area contributed by atoms with E-state index in [2.05, 4.69) is 17.2 Å². The number of nitro benzene ring substituents is 1. The summed E-state index contributed by atoms with van der Waals surface area (Å²) in [6.45, 7) is 5.87. The van der Waals surface area contributed by atoms with Crippen molar-refractivity contribution in [2.24, 2.45) is 0 Å². The largest absolute Gasteiger partial charge is 0.444 e. The standard InChI is InChI=1S/C24H25N3O5/c1-24(2,3)32-23(29)26-16-4-5-21(26)22(28)25-19-12-8-17(9-13-19)6-7-18-10-14-20(15-11-18)27(30)31/h8-15,21H,4-5,16H2,1-3H3,(H,25,28)/t21-/m1/s1. The number of likely N-dealkylation sites (tertiary alicyclic amines) is 1. The van der Waals surface area contributed by atoms with Gasteiger partial charge in [-0.3, -0.25) is 19.8 Å². The molecule has 1 saturated heterocycles. The van der Waals surface area contributed by atoms with E-state index in [0.717, 1.165) is 12.0 Å². The highest BCUT2D eigenvalue weighted by Crippen LogP contribution is 2.22. The molecule has 8 nitrogen and oxygen atoms in total. The molecule has 8 heteroatoms. The third-order valence-electron chi connectivity index (χ3n) is 4.77. The van der Waals surface area contributed by atoms with Crippen molar-refractivity contribution in [2.45, 2.75) is 45.3 Å². The fraction of sp³-hybridized carbons (Fsp3) is 0.333. The molecule has 0 aromatic heterocycles. The number of hydrogen-bond acceptors (Lipinski definition) is 5. The molecule has 0 saturated carbocycles. The van der Waals surface area contributed by atoms with Crippen LogP contribution in [0.4, 0.5) is 16.2 Å². The molecule has 3 rings (SSSR count). The minimum atomic E-state index is -0.619. The summed E-state index contributed by atoms with van der Waals surface area (Å²) in [5.74, 6) is 5.69. The minimum absolute atomic E-state index is 0.0168. The molecule has 2 aromatic carbocycles. The topological polar surface area (TPSA) is 102 Å². The van der Waals surface area contributed by atoms with Gasteiger partial charge in [-0.25, -0.2) is 4.79 Å². The third-order valence-corrected chi connectivity index (χ3v) is 4.77. The molecule has 1 aliphatic rings. The van der Waals surface area contributed by atoms with Gasteiger partial charge >= 0.3 is 6.09 Å². The van der Waals surface area contributed by atoms with E-state index >= 15 is 0 Å². The molecule has 1 atom stereocenters. The number of nitrogens with zero attached hydrogens (tertiary/aromatic N) is 2. The smallest absolute Gasteiger partial charge is 0.410 e. The Morgan fingerprint density at radius 1 is 1.06 bits per heavy atom. The zero-order valence-corrected chi connectivity index (χ0v) is 18.3. The van der Waals surface area contributed by atoms with Crippen molar-refractivity contribution < 1.29 is 19.2 Å². The maximum atomic E-state index is 12.7. The van der Waals surface area contributed by atoms with Gasteiger partial charge in [0.25, 0.3) is 5.69 Å². The van der Waals surface area contributed by atoms with Gasteiger partial charge in [0.2, 0.25) is 5.91 Å². The monoisotopic (exact) mass is 435 g/mol. The van der Waals surface area contributed by atoms with E-state index < -0.39 is 22.7 Å². The quantitative estimate of drug-likeness (QED) is 0.439. The Hall–Kier alpha value is -3.86. The van der Waals surface area contributed by atoms with Crippen LogP contribution in [0.5, 0.6) is 0 Å². The van der Waals surface area contributed by atoms with Crippen LogP contribution in [0, 0.1) is 22.0 Å². The molecule has 1 fully saturated rings. The Morgan fingerprint density at radius 2 is 1.62 bits per heavy atom. The van der Waals surface area contributed by atoms with Gasteiger partial charge in [0, 0.05) is 35.5 Å². The van der Waals surface area contributed by atoms with E-state index in [1.165, 1.54) is 17.0 Å². The Balaban J connectivity index is 1.61. The van der Waals surface area contributed by atoms with Crippen LogP contribution < -0.4 is 5.32 Å². The average molecular weight is 435 g/mol. The summed E-state index contributed by atoms with van der Waals surface area (Å²) in [6.07, 6.45) is 0.852. The predicted octanol–water partition coefficient (Wildman–Crippen LogP) is 4.33. The van der Waals surface area contributed by atoms with Crippen molar-refractivity contribution in [1.29, 1.82) is 0 Å². The molecule has 32 heavy (non-hydrogen) atoms. The molecule has 1 heterocycles. The lowest BCUT2D eigenvalue weighted by Crippen LogP contribution is -2.45. The number of nitro groups is 1. The summed E-state index contributed by atoms with van der Waals surface area (Å²) in [4.78, 5) is 36.8. The SMILES string of the molecule is CC(C)(C)OC(=O)N1CCC[C@@H]1C(=O)Nc1ccc(C#Cc2ccc([N+](=O)[O-])cc2)cc1. The average Bonchev–Trinajstić information content (AvgIpc) is 3.23. The van der Waals surface area contributed by atoms with Crippen molar-refractivity contribution >= 4 is 23.4 Å². The number of anilines is 1. The maximum absolute atomic E-state index is 12.7. The van der Waals surface area contributed by atoms with Crippen molar-refractivity contribution in [3.8, 4) is 11.8 Å². The maximum Gasteiger partial charge on any atom is 0.410 e. The molecule has 0 bridgehead atoms. The summed E-state index contributed by atoms with van der Waals surface area (Å²) in [5, 5.41) is 13.6. The number of benzene rings is 2. The van der Waals surface area contributed by atoms with Crippen LogP contribution in [0.25, 0.3) is 0 Å². The molecule has 0 aliphatic carbocycles. The number of hydrogen-bond donors (Lipinski definition) is 1. The van der Waals surface area contributed by atoms with Crippen molar-refractivity contribution in [1.82, 2.24) is 4.90 Å². The molecule has 1 aliphatic heterocycles. The predicted molar refractivity (Wildman–Crippen MR) is 120 cm³/mol. The Bertz CT molecular complexity index is 1060.